The Bertz CT molecular complexity index is 1100. The number of hydrogen-bond acceptors (Lipinski definition) is 3. The van der Waals surface area contributed by atoms with Crippen LogP contribution in [0.2, 0.25) is 0 Å². The van der Waals surface area contributed by atoms with E-state index in [0.717, 1.165) is 34.1 Å². The summed E-state index contributed by atoms with van der Waals surface area (Å²) in [4.78, 5) is 12.5. The summed E-state index contributed by atoms with van der Waals surface area (Å²) >= 11 is 0. The molecule has 0 spiro atoms. The van der Waals surface area contributed by atoms with Crippen LogP contribution < -0.4 is 0 Å². The van der Waals surface area contributed by atoms with E-state index in [1.807, 2.05) is 0 Å². The molecule has 3 aromatic rings. The fourth-order valence-electron chi connectivity index (χ4n) is 2.58. The fraction of sp³-hybridized carbons (Fsp3) is 0.105. The zero-order valence-corrected chi connectivity index (χ0v) is 14.9. The summed E-state index contributed by atoms with van der Waals surface area (Å²) < 4.78 is 65.4. The van der Waals surface area contributed by atoms with Crippen LogP contribution in [0.1, 0.15) is 27.0 Å². The molecule has 0 atom stereocenters. The summed E-state index contributed by atoms with van der Waals surface area (Å²) in [5.41, 5.74) is -0.872. The van der Waals surface area contributed by atoms with Gasteiger partial charge in [-0.3, -0.25) is 4.79 Å². The van der Waals surface area contributed by atoms with Gasteiger partial charge in [-0.25, -0.2) is 12.4 Å². The molecule has 0 fully saturated rings. The van der Waals surface area contributed by atoms with Crippen molar-refractivity contribution in [3.63, 3.8) is 0 Å². The van der Waals surface area contributed by atoms with Gasteiger partial charge in [-0.2, -0.15) is 13.2 Å². The Labute approximate surface area is 153 Å². The van der Waals surface area contributed by atoms with E-state index in [1.54, 1.807) is 19.1 Å². The average molecular weight is 393 g/mol. The Morgan fingerprint density at radius 2 is 1.59 bits per heavy atom. The molecule has 0 aliphatic rings. The lowest BCUT2D eigenvalue weighted by Gasteiger charge is -2.11. The number of carbonyl (C=O) groups is 1. The van der Waals surface area contributed by atoms with Crippen LogP contribution >= 0.6 is 0 Å². The standard InChI is InChI=1S/C19H14F3NO3S/c1-13-6-8-15(9-7-13)27(25,26)23-11-10-14(12-23)18(24)16-4-2-3-5-17(16)19(20,21)22/h2-12H,1H3. The maximum atomic E-state index is 13.1. The fourth-order valence-corrected chi connectivity index (χ4v) is 3.77. The average Bonchev–Trinajstić information content (AvgIpc) is 3.12. The molecular weight excluding hydrogens is 379 g/mol. The predicted octanol–water partition coefficient (Wildman–Crippen LogP) is 4.28. The van der Waals surface area contributed by atoms with Crippen LogP contribution in [-0.4, -0.2) is 18.2 Å². The predicted molar refractivity (Wildman–Crippen MR) is 93.1 cm³/mol. The minimum absolute atomic E-state index is 0.0124. The number of rotatable bonds is 4. The normalized spacial score (nSPS) is 12.1. The minimum Gasteiger partial charge on any atom is -0.289 e. The molecule has 1 heterocycles. The van der Waals surface area contributed by atoms with Crippen molar-refractivity contribution in [2.45, 2.75) is 18.0 Å². The van der Waals surface area contributed by atoms with Crippen molar-refractivity contribution in [1.82, 2.24) is 3.97 Å². The monoisotopic (exact) mass is 393 g/mol. The van der Waals surface area contributed by atoms with Gasteiger partial charge in [-0.15, -0.1) is 0 Å². The highest BCUT2D eigenvalue weighted by Crippen LogP contribution is 2.33. The molecule has 4 nitrogen and oxygen atoms in total. The number of ketones is 1. The Morgan fingerprint density at radius 3 is 2.22 bits per heavy atom. The molecule has 27 heavy (non-hydrogen) atoms. The lowest BCUT2D eigenvalue weighted by molar-refractivity contribution is -0.137. The summed E-state index contributed by atoms with van der Waals surface area (Å²) in [6.45, 7) is 1.81. The van der Waals surface area contributed by atoms with E-state index in [1.165, 1.54) is 30.3 Å². The molecule has 3 rings (SSSR count). The third-order valence-corrected chi connectivity index (χ3v) is 5.65. The van der Waals surface area contributed by atoms with Crippen LogP contribution in [0.4, 0.5) is 13.2 Å². The Hall–Kier alpha value is -2.87. The lowest BCUT2D eigenvalue weighted by Crippen LogP contribution is -2.14. The lowest BCUT2D eigenvalue weighted by atomic mass is 10.00. The maximum absolute atomic E-state index is 13.1. The molecule has 0 unspecified atom stereocenters. The van der Waals surface area contributed by atoms with E-state index in [-0.39, 0.29) is 10.5 Å². The second-order valence-corrected chi connectivity index (χ2v) is 7.76. The quantitative estimate of drug-likeness (QED) is 0.622. The van der Waals surface area contributed by atoms with Crippen LogP contribution in [0.15, 0.2) is 71.9 Å². The first-order valence-electron chi connectivity index (χ1n) is 7.82. The minimum atomic E-state index is -4.69. The molecule has 1 aromatic heterocycles. The van der Waals surface area contributed by atoms with Crippen molar-refractivity contribution in [3.05, 3.63) is 89.2 Å². The number of carbonyl (C=O) groups excluding carboxylic acids is 1. The Balaban J connectivity index is 2.00. The molecule has 0 N–H and O–H groups in total. The van der Waals surface area contributed by atoms with E-state index in [0.29, 0.717) is 0 Å². The molecule has 0 bridgehead atoms. The first-order chi connectivity index (χ1) is 12.6. The molecule has 0 radical (unpaired) electrons. The molecule has 2 aromatic carbocycles. The van der Waals surface area contributed by atoms with Crippen molar-refractivity contribution in [1.29, 1.82) is 0 Å². The maximum Gasteiger partial charge on any atom is 0.417 e. The van der Waals surface area contributed by atoms with E-state index >= 15 is 0 Å². The second-order valence-electron chi connectivity index (χ2n) is 5.92. The largest absolute Gasteiger partial charge is 0.417 e. The number of nitrogens with zero attached hydrogens (tertiary/aromatic N) is 1. The SMILES string of the molecule is Cc1ccc(S(=O)(=O)n2ccc(C(=O)c3ccccc3C(F)(F)F)c2)cc1. The second kappa shape index (κ2) is 6.70. The topological polar surface area (TPSA) is 56.1 Å². The van der Waals surface area contributed by atoms with Gasteiger partial charge in [0, 0.05) is 23.5 Å². The number of aromatic nitrogens is 1. The van der Waals surface area contributed by atoms with Crippen LogP contribution in [0, 0.1) is 6.92 Å². The number of halogens is 3. The van der Waals surface area contributed by atoms with Gasteiger partial charge in [0.05, 0.1) is 10.5 Å². The number of hydrogen-bond donors (Lipinski definition) is 0. The number of benzene rings is 2. The molecule has 140 valence electrons. The number of alkyl halides is 3. The molecule has 8 heteroatoms. The van der Waals surface area contributed by atoms with Gasteiger partial charge in [0.25, 0.3) is 10.0 Å². The van der Waals surface area contributed by atoms with Gasteiger partial charge >= 0.3 is 6.18 Å². The van der Waals surface area contributed by atoms with E-state index in [4.69, 9.17) is 0 Å². The van der Waals surface area contributed by atoms with Gasteiger partial charge in [0.1, 0.15) is 0 Å². The third kappa shape index (κ3) is 3.66. The summed E-state index contributed by atoms with van der Waals surface area (Å²) in [5, 5.41) is 0. The molecule has 0 aliphatic carbocycles. The summed E-state index contributed by atoms with van der Waals surface area (Å²) in [6.07, 6.45) is -2.54. The van der Waals surface area contributed by atoms with E-state index in [9.17, 15) is 26.4 Å². The summed E-state index contributed by atoms with van der Waals surface area (Å²) in [6, 6.07) is 11.7. The first-order valence-corrected chi connectivity index (χ1v) is 9.26. The van der Waals surface area contributed by atoms with Crippen LogP contribution in [-0.2, 0) is 16.2 Å². The first kappa shape index (κ1) is 18.9. The van der Waals surface area contributed by atoms with Gasteiger partial charge in [-0.1, -0.05) is 35.9 Å². The summed E-state index contributed by atoms with van der Waals surface area (Å²) in [7, 11) is -3.95. The van der Waals surface area contributed by atoms with Crippen LogP contribution in [0.3, 0.4) is 0 Å². The third-order valence-electron chi connectivity index (χ3n) is 4.00. The van der Waals surface area contributed by atoms with Crippen LogP contribution in [0.25, 0.3) is 0 Å². The highest BCUT2D eigenvalue weighted by molar-refractivity contribution is 7.90. The number of aryl methyl sites for hydroxylation is 1. The van der Waals surface area contributed by atoms with Crippen LogP contribution in [0.5, 0.6) is 0 Å². The van der Waals surface area contributed by atoms with Crippen molar-refractivity contribution in [2.24, 2.45) is 0 Å². The molecular formula is C19H14F3NO3S. The Kier molecular flexibility index (Phi) is 4.69. The van der Waals surface area contributed by atoms with Crippen molar-refractivity contribution < 1.29 is 26.4 Å². The highest BCUT2D eigenvalue weighted by atomic mass is 32.2. The molecule has 0 saturated heterocycles. The van der Waals surface area contributed by atoms with Gasteiger partial charge in [0.2, 0.25) is 0 Å². The van der Waals surface area contributed by atoms with Crippen molar-refractivity contribution in [2.75, 3.05) is 0 Å². The molecule has 0 amide bonds. The smallest absolute Gasteiger partial charge is 0.289 e. The van der Waals surface area contributed by atoms with Crippen molar-refractivity contribution in [3.8, 4) is 0 Å². The molecule has 0 saturated carbocycles. The zero-order valence-electron chi connectivity index (χ0n) is 14.1. The highest BCUT2D eigenvalue weighted by Gasteiger charge is 2.35. The summed E-state index contributed by atoms with van der Waals surface area (Å²) in [5.74, 6) is -0.902. The van der Waals surface area contributed by atoms with Gasteiger partial charge in [0.15, 0.2) is 5.78 Å². The molecule has 0 aliphatic heterocycles. The van der Waals surface area contributed by atoms with Gasteiger partial charge < -0.3 is 0 Å². The van der Waals surface area contributed by atoms with E-state index in [2.05, 4.69) is 0 Å². The van der Waals surface area contributed by atoms with E-state index < -0.39 is 33.1 Å². The Morgan fingerprint density at radius 1 is 0.963 bits per heavy atom. The van der Waals surface area contributed by atoms with Crippen molar-refractivity contribution >= 4 is 15.8 Å². The zero-order chi connectivity index (χ0) is 19.8. The van der Waals surface area contributed by atoms with Gasteiger partial charge in [-0.05, 0) is 31.2 Å².